The Bertz CT molecular complexity index is 398. The van der Waals surface area contributed by atoms with Gasteiger partial charge in [0, 0.05) is 5.75 Å². The van der Waals surface area contributed by atoms with E-state index in [0.29, 0.717) is 5.92 Å². The van der Waals surface area contributed by atoms with E-state index in [1.807, 2.05) is 7.05 Å². The van der Waals surface area contributed by atoms with Crippen molar-refractivity contribution < 1.29 is 4.79 Å². The summed E-state index contributed by atoms with van der Waals surface area (Å²) in [6.07, 6.45) is 5.54. The van der Waals surface area contributed by atoms with E-state index >= 15 is 0 Å². The lowest BCUT2D eigenvalue weighted by Gasteiger charge is -2.32. The van der Waals surface area contributed by atoms with Gasteiger partial charge in [0.25, 0.3) is 0 Å². The van der Waals surface area contributed by atoms with Crippen molar-refractivity contribution in [3.63, 3.8) is 0 Å². The maximum absolute atomic E-state index is 11.7. The molecule has 100 valence electrons. The second kappa shape index (κ2) is 5.99. The third-order valence-corrected chi connectivity index (χ3v) is 5.57. The molecule has 0 bridgehead atoms. The highest BCUT2D eigenvalue weighted by atomic mass is 32.2. The first-order valence-corrected chi connectivity index (χ1v) is 7.83. The molecule has 1 heterocycles. The Morgan fingerprint density at radius 3 is 3.22 bits per heavy atom. The van der Waals surface area contributed by atoms with E-state index in [1.165, 1.54) is 11.5 Å². The Kier molecular flexibility index (Phi) is 4.58. The van der Waals surface area contributed by atoms with E-state index in [2.05, 4.69) is 14.7 Å². The van der Waals surface area contributed by atoms with Gasteiger partial charge in [0.05, 0.1) is 0 Å². The summed E-state index contributed by atoms with van der Waals surface area (Å²) in [5, 5.41) is 3.16. The highest BCUT2D eigenvalue weighted by Crippen LogP contribution is 2.38. The molecule has 2 unspecified atom stereocenters. The van der Waals surface area contributed by atoms with Gasteiger partial charge in [0.15, 0.2) is 4.34 Å². The van der Waals surface area contributed by atoms with Crippen LogP contribution in [0.3, 0.4) is 0 Å². The van der Waals surface area contributed by atoms with Crippen LogP contribution in [0, 0.1) is 5.92 Å². The van der Waals surface area contributed by atoms with Gasteiger partial charge in [0.2, 0.25) is 5.91 Å². The molecule has 1 aromatic rings. The van der Waals surface area contributed by atoms with Gasteiger partial charge in [-0.05, 0) is 43.8 Å². The number of nitrogens with zero attached hydrogens (tertiary/aromatic N) is 2. The monoisotopic (exact) mass is 286 g/mol. The molecule has 18 heavy (non-hydrogen) atoms. The number of hydrogen-bond donors (Lipinski definition) is 2. The van der Waals surface area contributed by atoms with Gasteiger partial charge in [-0.15, -0.1) is 0 Å². The zero-order valence-corrected chi connectivity index (χ0v) is 12.0. The van der Waals surface area contributed by atoms with Crippen molar-refractivity contribution in [3.05, 3.63) is 6.33 Å². The minimum atomic E-state index is -0.498. The predicted octanol–water partition coefficient (Wildman–Crippen LogP) is 1.26. The van der Waals surface area contributed by atoms with Crippen molar-refractivity contribution in [2.75, 3.05) is 12.8 Å². The summed E-state index contributed by atoms with van der Waals surface area (Å²) in [6, 6.07) is 0. The van der Waals surface area contributed by atoms with Gasteiger partial charge < -0.3 is 11.1 Å². The van der Waals surface area contributed by atoms with Crippen molar-refractivity contribution in [2.45, 2.75) is 35.6 Å². The lowest BCUT2D eigenvalue weighted by Crippen LogP contribution is -2.56. The number of nitrogens with one attached hydrogen (secondary N) is 1. The molecular weight excluding hydrogens is 268 g/mol. The first-order chi connectivity index (χ1) is 8.69. The van der Waals surface area contributed by atoms with Crippen LogP contribution in [-0.4, -0.2) is 33.6 Å². The molecular formula is C11H18N4OS2. The van der Waals surface area contributed by atoms with Gasteiger partial charge in [0.1, 0.15) is 11.9 Å². The summed E-state index contributed by atoms with van der Waals surface area (Å²) in [4.78, 5) is 15.8. The number of hydrogen-bond acceptors (Lipinski definition) is 6. The summed E-state index contributed by atoms with van der Waals surface area (Å²) >= 11 is 3.11. The molecule has 0 spiro atoms. The van der Waals surface area contributed by atoms with Gasteiger partial charge in [-0.25, -0.2) is 4.98 Å². The van der Waals surface area contributed by atoms with Crippen LogP contribution < -0.4 is 11.1 Å². The Morgan fingerprint density at radius 2 is 2.61 bits per heavy atom. The number of primary amides is 1. The molecule has 0 aromatic carbocycles. The molecule has 1 aliphatic rings. The summed E-state index contributed by atoms with van der Waals surface area (Å²) in [6.45, 7) is 0. The van der Waals surface area contributed by atoms with Crippen molar-refractivity contribution in [1.82, 2.24) is 14.7 Å². The fraction of sp³-hybridized carbons (Fsp3) is 0.727. The molecule has 0 saturated heterocycles. The number of nitrogens with two attached hydrogens (primary N) is 1. The van der Waals surface area contributed by atoms with Gasteiger partial charge >= 0.3 is 0 Å². The quantitative estimate of drug-likeness (QED) is 0.770. The first-order valence-electron chi connectivity index (χ1n) is 6.07. The lowest BCUT2D eigenvalue weighted by atomic mass is 9.84. The normalized spacial score (nSPS) is 27.5. The van der Waals surface area contributed by atoms with Crippen molar-refractivity contribution in [2.24, 2.45) is 11.7 Å². The van der Waals surface area contributed by atoms with E-state index < -0.39 is 5.54 Å². The smallest absolute Gasteiger partial charge is 0.238 e. The van der Waals surface area contributed by atoms with Crippen LogP contribution in [0.1, 0.15) is 25.7 Å². The molecule has 0 aliphatic heterocycles. The molecule has 1 saturated carbocycles. The van der Waals surface area contributed by atoms with Crippen LogP contribution in [0.15, 0.2) is 10.7 Å². The molecule has 0 radical (unpaired) electrons. The molecule has 1 aromatic heterocycles. The summed E-state index contributed by atoms with van der Waals surface area (Å²) < 4.78 is 4.96. The fourth-order valence-corrected chi connectivity index (χ4v) is 4.33. The lowest BCUT2D eigenvalue weighted by molar-refractivity contribution is -0.125. The molecule has 3 N–H and O–H groups in total. The number of aromatic nitrogens is 2. The standard InChI is InChI=1S/C11H18N4OS2/c1-13-11(9(12)16)5-2-3-8(11)4-6-17-10-14-7-15-18-10/h7-8,13H,2-6H2,1H3,(H2,12,16). The zero-order chi connectivity index (χ0) is 13.0. The molecule has 2 rings (SSSR count). The highest BCUT2D eigenvalue weighted by Gasteiger charge is 2.45. The summed E-state index contributed by atoms with van der Waals surface area (Å²) in [5.74, 6) is 1.07. The SMILES string of the molecule is CNC1(C(N)=O)CCCC1CCSc1ncns1. The predicted molar refractivity (Wildman–Crippen MR) is 73.6 cm³/mol. The van der Waals surface area contributed by atoms with Crippen molar-refractivity contribution in [3.8, 4) is 0 Å². The largest absolute Gasteiger partial charge is 0.368 e. The molecule has 2 atom stereocenters. The summed E-state index contributed by atoms with van der Waals surface area (Å²) in [5.41, 5.74) is 5.07. The van der Waals surface area contributed by atoms with E-state index in [1.54, 1.807) is 18.1 Å². The molecule has 1 aliphatic carbocycles. The second-order valence-electron chi connectivity index (χ2n) is 4.52. The topological polar surface area (TPSA) is 80.9 Å². The molecule has 7 heteroatoms. The number of likely N-dealkylation sites (N-methyl/N-ethyl adjacent to an activating group) is 1. The number of thioether (sulfide) groups is 1. The first kappa shape index (κ1) is 13.8. The summed E-state index contributed by atoms with van der Waals surface area (Å²) in [7, 11) is 1.83. The molecule has 5 nitrogen and oxygen atoms in total. The number of carbonyl (C=O) groups excluding carboxylic acids is 1. The zero-order valence-electron chi connectivity index (χ0n) is 10.4. The van der Waals surface area contributed by atoms with Crippen LogP contribution in [0.5, 0.6) is 0 Å². The van der Waals surface area contributed by atoms with Crippen molar-refractivity contribution in [1.29, 1.82) is 0 Å². The minimum absolute atomic E-state index is 0.214. The Balaban J connectivity index is 1.89. The Morgan fingerprint density at radius 1 is 1.78 bits per heavy atom. The average Bonchev–Trinajstić information content (AvgIpc) is 2.98. The van der Waals surface area contributed by atoms with Crippen LogP contribution >= 0.6 is 23.3 Å². The Hall–Kier alpha value is -0.660. The fourth-order valence-electron chi connectivity index (χ4n) is 2.76. The van der Waals surface area contributed by atoms with Gasteiger partial charge in [-0.2, -0.15) is 4.37 Å². The molecule has 1 fully saturated rings. The van der Waals surface area contributed by atoms with Crippen LogP contribution in [0.2, 0.25) is 0 Å². The van der Waals surface area contributed by atoms with E-state index in [0.717, 1.165) is 35.8 Å². The maximum Gasteiger partial charge on any atom is 0.238 e. The number of carbonyl (C=O) groups is 1. The third kappa shape index (κ3) is 2.67. The van der Waals surface area contributed by atoms with Gasteiger partial charge in [-0.3, -0.25) is 4.79 Å². The van der Waals surface area contributed by atoms with E-state index in [4.69, 9.17) is 5.73 Å². The molecule has 1 amide bonds. The van der Waals surface area contributed by atoms with Crippen molar-refractivity contribution >= 4 is 29.2 Å². The highest BCUT2D eigenvalue weighted by molar-refractivity contribution is 8.00. The van der Waals surface area contributed by atoms with Gasteiger partial charge in [-0.1, -0.05) is 18.2 Å². The average molecular weight is 286 g/mol. The third-order valence-electron chi connectivity index (χ3n) is 3.74. The van der Waals surface area contributed by atoms with Crippen LogP contribution in [-0.2, 0) is 4.79 Å². The number of rotatable bonds is 6. The van der Waals surface area contributed by atoms with Crippen LogP contribution in [0.25, 0.3) is 0 Å². The number of amides is 1. The second-order valence-corrected chi connectivity index (χ2v) is 6.64. The van der Waals surface area contributed by atoms with Crippen LogP contribution in [0.4, 0.5) is 0 Å². The minimum Gasteiger partial charge on any atom is -0.368 e. The maximum atomic E-state index is 11.7. The Labute approximate surface area is 115 Å². The van der Waals surface area contributed by atoms with E-state index in [-0.39, 0.29) is 5.91 Å². The van der Waals surface area contributed by atoms with E-state index in [9.17, 15) is 4.79 Å².